The van der Waals surface area contributed by atoms with E-state index in [0.29, 0.717) is 15.6 Å². The van der Waals surface area contributed by atoms with Crippen LogP contribution in [0, 0.1) is 0 Å². The number of pyridine rings is 1. The number of aliphatic hydroxyl groups is 1. The van der Waals surface area contributed by atoms with Gasteiger partial charge in [-0.2, -0.15) is 0 Å². The Labute approximate surface area is 159 Å². The maximum atomic E-state index is 15.6. The third-order valence-electron chi connectivity index (χ3n) is 4.59. The molecular formula is C18H16Cl2F2N2O2. The molecule has 1 aliphatic rings. The summed E-state index contributed by atoms with van der Waals surface area (Å²) in [6, 6.07) is 7.56. The van der Waals surface area contributed by atoms with Crippen LogP contribution in [-0.2, 0) is 22.6 Å². The quantitative estimate of drug-likeness (QED) is 0.819. The Balaban J connectivity index is 1.85. The van der Waals surface area contributed by atoms with E-state index in [4.69, 9.17) is 23.2 Å². The molecule has 2 N–H and O–H groups in total. The Hall–Kier alpha value is -1.76. The molecule has 2 atom stereocenters. The van der Waals surface area contributed by atoms with Crippen molar-refractivity contribution >= 4 is 29.1 Å². The van der Waals surface area contributed by atoms with Crippen molar-refractivity contribution in [2.75, 3.05) is 6.67 Å². The van der Waals surface area contributed by atoms with Crippen LogP contribution in [0.5, 0.6) is 0 Å². The van der Waals surface area contributed by atoms with Gasteiger partial charge in [0.2, 0.25) is 5.67 Å². The molecule has 3 rings (SSSR count). The van der Waals surface area contributed by atoms with Gasteiger partial charge in [0.05, 0.1) is 5.69 Å². The number of nitrogens with zero attached hydrogens (tertiary/aromatic N) is 1. The van der Waals surface area contributed by atoms with Crippen molar-refractivity contribution in [1.82, 2.24) is 10.3 Å². The van der Waals surface area contributed by atoms with Crippen molar-refractivity contribution in [3.8, 4) is 0 Å². The molecule has 0 radical (unpaired) electrons. The highest BCUT2D eigenvalue weighted by molar-refractivity contribution is 6.35. The van der Waals surface area contributed by atoms with Gasteiger partial charge in [0.25, 0.3) is 5.91 Å². The van der Waals surface area contributed by atoms with E-state index in [2.05, 4.69) is 10.3 Å². The number of fused-ring (bicyclic) bond motifs is 1. The first-order valence-electron chi connectivity index (χ1n) is 7.95. The minimum Gasteiger partial charge on any atom is -0.381 e. The van der Waals surface area contributed by atoms with Crippen molar-refractivity contribution in [2.45, 2.75) is 30.7 Å². The SMILES string of the molecule is O=C(NCc1ccc(Cl)cc1Cl)[C@]1(F)CC[C@@](O)(CF)c2ncccc21. The first-order chi connectivity index (χ1) is 12.3. The number of halogens is 4. The van der Waals surface area contributed by atoms with Crippen LogP contribution in [0.3, 0.4) is 0 Å². The number of benzene rings is 1. The third kappa shape index (κ3) is 3.29. The second-order valence-corrected chi connectivity index (χ2v) is 7.13. The van der Waals surface area contributed by atoms with Crippen LogP contribution in [0.2, 0.25) is 10.0 Å². The summed E-state index contributed by atoms with van der Waals surface area (Å²) in [5.74, 6) is -0.890. The fourth-order valence-corrected chi connectivity index (χ4v) is 3.55. The Morgan fingerprint density at radius 3 is 2.77 bits per heavy atom. The number of aromatic nitrogens is 1. The normalized spacial score (nSPS) is 24.8. The van der Waals surface area contributed by atoms with Crippen LogP contribution in [0.15, 0.2) is 36.5 Å². The standard InChI is InChI=1S/C18H16Cl2F2N2O2/c19-12-4-3-11(14(20)8-12)9-24-16(25)18(22)6-5-17(26,10-21)15-13(18)2-1-7-23-15/h1-4,7-8,26H,5-6,9-10H2,(H,24,25)/t17-,18+/m1/s1. The highest BCUT2D eigenvalue weighted by Crippen LogP contribution is 2.45. The van der Waals surface area contributed by atoms with E-state index in [-0.39, 0.29) is 30.6 Å². The Kier molecular flexibility index (Phi) is 5.19. The van der Waals surface area contributed by atoms with Gasteiger partial charge >= 0.3 is 0 Å². The van der Waals surface area contributed by atoms with Crippen molar-refractivity contribution in [3.63, 3.8) is 0 Å². The van der Waals surface area contributed by atoms with E-state index < -0.39 is 23.9 Å². The van der Waals surface area contributed by atoms with Gasteiger partial charge in [-0.05, 0) is 36.6 Å². The molecular weight excluding hydrogens is 385 g/mol. The minimum absolute atomic E-state index is 0.00345. The van der Waals surface area contributed by atoms with Crippen molar-refractivity contribution in [3.05, 3.63) is 63.4 Å². The molecule has 26 heavy (non-hydrogen) atoms. The maximum absolute atomic E-state index is 15.6. The summed E-state index contributed by atoms with van der Waals surface area (Å²) < 4.78 is 28.9. The van der Waals surface area contributed by atoms with Crippen LogP contribution in [0.1, 0.15) is 29.7 Å². The van der Waals surface area contributed by atoms with Crippen molar-refractivity contribution < 1.29 is 18.7 Å². The molecule has 1 aromatic heterocycles. The molecule has 0 saturated heterocycles. The number of carbonyl (C=O) groups excluding carboxylic acids is 1. The van der Waals surface area contributed by atoms with E-state index in [1.807, 2.05) is 0 Å². The van der Waals surface area contributed by atoms with Crippen molar-refractivity contribution in [2.24, 2.45) is 0 Å². The number of hydrogen-bond acceptors (Lipinski definition) is 3. The van der Waals surface area contributed by atoms with E-state index in [1.165, 1.54) is 24.4 Å². The van der Waals surface area contributed by atoms with E-state index >= 15 is 4.39 Å². The minimum atomic E-state index is -2.41. The zero-order valence-electron chi connectivity index (χ0n) is 13.6. The highest BCUT2D eigenvalue weighted by Gasteiger charge is 2.52. The zero-order valence-corrected chi connectivity index (χ0v) is 15.1. The lowest BCUT2D eigenvalue weighted by Gasteiger charge is -2.38. The van der Waals surface area contributed by atoms with E-state index in [9.17, 15) is 14.3 Å². The van der Waals surface area contributed by atoms with Crippen molar-refractivity contribution in [1.29, 1.82) is 0 Å². The summed E-state index contributed by atoms with van der Waals surface area (Å²) in [6.45, 7) is -1.10. The largest absolute Gasteiger partial charge is 0.381 e. The number of hydrogen-bond donors (Lipinski definition) is 2. The number of carbonyl (C=O) groups is 1. The van der Waals surface area contributed by atoms with Crippen LogP contribution in [-0.4, -0.2) is 22.7 Å². The molecule has 4 nitrogen and oxygen atoms in total. The topological polar surface area (TPSA) is 62.2 Å². The molecule has 1 amide bonds. The Bertz CT molecular complexity index is 852. The van der Waals surface area contributed by atoms with Gasteiger partial charge in [-0.25, -0.2) is 8.78 Å². The molecule has 0 aliphatic heterocycles. The van der Waals surface area contributed by atoms with Gasteiger partial charge in [-0.1, -0.05) is 35.3 Å². The predicted molar refractivity (Wildman–Crippen MR) is 94.4 cm³/mol. The lowest BCUT2D eigenvalue weighted by Crippen LogP contribution is -2.48. The first-order valence-corrected chi connectivity index (χ1v) is 8.71. The summed E-state index contributed by atoms with van der Waals surface area (Å²) in [7, 11) is 0. The maximum Gasteiger partial charge on any atom is 0.262 e. The zero-order chi connectivity index (χ0) is 18.9. The van der Waals surface area contributed by atoms with Crippen LogP contribution >= 0.6 is 23.2 Å². The molecule has 1 aromatic carbocycles. The summed E-state index contributed by atoms with van der Waals surface area (Å²) in [5.41, 5.74) is -3.98. The number of amides is 1. The second-order valence-electron chi connectivity index (χ2n) is 6.28. The fourth-order valence-electron chi connectivity index (χ4n) is 3.07. The molecule has 0 saturated carbocycles. The molecule has 1 heterocycles. The van der Waals surface area contributed by atoms with Crippen LogP contribution in [0.4, 0.5) is 8.78 Å². The average molecular weight is 401 g/mol. The Morgan fingerprint density at radius 2 is 2.08 bits per heavy atom. The number of rotatable bonds is 4. The lowest BCUT2D eigenvalue weighted by molar-refractivity contribution is -0.137. The highest BCUT2D eigenvalue weighted by atomic mass is 35.5. The lowest BCUT2D eigenvalue weighted by atomic mass is 9.75. The van der Waals surface area contributed by atoms with E-state index in [1.54, 1.807) is 12.1 Å². The van der Waals surface area contributed by atoms with Gasteiger partial charge in [0, 0.05) is 28.4 Å². The summed E-state index contributed by atoms with van der Waals surface area (Å²) in [4.78, 5) is 16.5. The summed E-state index contributed by atoms with van der Waals surface area (Å²) in [6.07, 6.45) is 0.724. The smallest absolute Gasteiger partial charge is 0.262 e. The van der Waals surface area contributed by atoms with E-state index in [0.717, 1.165) is 0 Å². The molecule has 0 bridgehead atoms. The predicted octanol–water partition coefficient (Wildman–Crippen LogP) is 3.82. The first kappa shape index (κ1) is 19.0. The van der Waals surface area contributed by atoms with Gasteiger partial charge in [-0.15, -0.1) is 0 Å². The third-order valence-corrected chi connectivity index (χ3v) is 5.18. The molecule has 1 aliphatic carbocycles. The monoisotopic (exact) mass is 400 g/mol. The van der Waals surface area contributed by atoms with Gasteiger partial charge in [0.1, 0.15) is 12.3 Å². The van der Waals surface area contributed by atoms with Gasteiger partial charge in [-0.3, -0.25) is 9.78 Å². The summed E-state index contributed by atoms with van der Waals surface area (Å²) >= 11 is 11.9. The average Bonchev–Trinajstić information content (AvgIpc) is 2.64. The molecule has 0 fully saturated rings. The van der Waals surface area contributed by atoms with Gasteiger partial charge < -0.3 is 10.4 Å². The fraction of sp³-hybridized carbons (Fsp3) is 0.333. The van der Waals surface area contributed by atoms with Crippen LogP contribution in [0.25, 0.3) is 0 Å². The molecule has 2 aromatic rings. The summed E-state index contributed by atoms with van der Waals surface area (Å²) in [5, 5.41) is 13.7. The molecule has 0 spiro atoms. The number of nitrogens with one attached hydrogen (secondary N) is 1. The second kappa shape index (κ2) is 7.10. The molecule has 138 valence electrons. The Morgan fingerprint density at radius 1 is 1.31 bits per heavy atom. The van der Waals surface area contributed by atoms with Crippen LogP contribution < -0.4 is 5.32 Å². The molecule has 0 unspecified atom stereocenters. The molecule has 8 heteroatoms. The van der Waals surface area contributed by atoms with Gasteiger partial charge in [0.15, 0.2) is 0 Å². The number of alkyl halides is 2.